The molecule has 0 bridgehead atoms. The van der Waals surface area contributed by atoms with Crippen LogP contribution in [-0.2, 0) is 10.0 Å². The second kappa shape index (κ2) is 6.64. The van der Waals surface area contributed by atoms with Gasteiger partial charge in [0.1, 0.15) is 16.4 Å². The van der Waals surface area contributed by atoms with Gasteiger partial charge in [-0.3, -0.25) is 0 Å². The van der Waals surface area contributed by atoms with Gasteiger partial charge in [-0.05, 0) is 50.3 Å². The summed E-state index contributed by atoms with van der Waals surface area (Å²) in [5.41, 5.74) is 1.11. The van der Waals surface area contributed by atoms with E-state index in [1.54, 1.807) is 26.0 Å². The summed E-state index contributed by atoms with van der Waals surface area (Å²) >= 11 is 0. The SMILES string of the molecule is Cc1noc(C)c1S(=O)(=O)NC(c1ccc(F)cc1)C1CCCC1. The zero-order valence-electron chi connectivity index (χ0n) is 13.8. The molecule has 0 aliphatic heterocycles. The topological polar surface area (TPSA) is 72.2 Å². The molecule has 0 spiro atoms. The number of aromatic nitrogens is 1. The Morgan fingerprint density at radius 1 is 1.21 bits per heavy atom. The Labute approximate surface area is 141 Å². The summed E-state index contributed by atoms with van der Waals surface area (Å²) in [5.74, 6) is 0.132. The maximum absolute atomic E-state index is 13.2. The van der Waals surface area contributed by atoms with Gasteiger partial charge in [0.05, 0.1) is 0 Å². The predicted molar refractivity (Wildman–Crippen MR) is 87.4 cm³/mol. The number of sulfonamides is 1. The van der Waals surface area contributed by atoms with Crippen LogP contribution in [0.2, 0.25) is 0 Å². The summed E-state index contributed by atoms with van der Waals surface area (Å²) in [7, 11) is -3.77. The van der Waals surface area contributed by atoms with Crippen molar-refractivity contribution in [2.45, 2.75) is 50.5 Å². The molecule has 0 amide bonds. The first-order chi connectivity index (χ1) is 11.4. The molecule has 3 rings (SSSR count). The Morgan fingerprint density at radius 2 is 1.83 bits per heavy atom. The van der Waals surface area contributed by atoms with Crippen LogP contribution >= 0.6 is 0 Å². The first-order valence-corrected chi connectivity index (χ1v) is 9.57. The van der Waals surface area contributed by atoms with Crippen molar-refractivity contribution in [2.24, 2.45) is 5.92 Å². The fourth-order valence-corrected chi connectivity index (χ4v) is 5.10. The second-order valence-electron chi connectivity index (χ2n) is 6.35. The highest BCUT2D eigenvalue weighted by molar-refractivity contribution is 7.89. The fraction of sp³-hybridized carbons (Fsp3) is 0.471. The van der Waals surface area contributed by atoms with E-state index in [9.17, 15) is 12.8 Å². The highest BCUT2D eigenvalue weighted by atomic mass is 32.2. The molecule has 1 fully saturated rings. The molecular formula is C17H21FN2O3S. The number of nitrogens with one attached hydrogen (secondary N) is 1. The number of rotatable bonds is 5. The van der Waals surface area contributed by atoms with Gasteiger partial charge in [0.15, 0.2) is 5.76 Å². The molecule has 1 saturated carbocycles. The van der Waals surface area contributed by atoms with Gasteiger partial charge >= 0.3 is 0 Å². The van der Waals surface area contributed by atoms with Crippen molar-refractivity contribution in [2.75, 3.05) is 0 Å². The number of benzene rings is 1. The van der Waals surface area contributed by atoms with E-state index in [-0.39, 0.29) is 28.4 Å². The fourth-order valence-electron chi connectivity index (χ4n) is 3.48. The monoisotopic (exact) mass is 352 g/mol. The van der Waals surface area contributed by atoms with Gasteiger partial charge in [0.2, 0.25) is 10.0 Å². The van der Waals surface area contributed by atoms with Gasteiger partial charge in [-0.1, -0.05) is 30.1 Å². The standard InChI is InChI=1S/C17H21FN2O3S/c1-11-17(12(2)23-19-11)24(21,22)20-16(13-5-3-4-6-13)14-7-9-15(18)10-8-14/h7-10,13,16,20H,3-6H2,1-2H3. The van der Waals surface area contributed by atoms with Crippen LogP contribution in [0.3, 0.4) is 0 Å². The van der Waals surface area contributed by atoms with Crippen LogP contribution in [0.4, 0.5) is 4.39 Å². The molecule has 1 aliphatic carbocycles. The molecule has 1 atom stereocenters. The van der Waals surface area contributed by atoms with Gasteiger partial charge in [0, 0.05) is 6.04 Å². The van der Waals surface area contributed by atoms with Crippen molar-refractivity contribution >= 4 is 10.0 Å². The highest BCUT2D eigenvalue weighted by Crippen LogP contribution is 2.37. The van der Waals surface area contributed by atoms with Crippen molar-refractivity contribution in [3.8, 4) is 0 Å². The number of aryl methyl sites for hydroxylation is 2. The minimum atomic E-state index is -3.77. The molecule has 1 aromatic carbocycles. The Morgan fingerprint density at radius 3 is 2.38 bits per heavy atom. The lowest BCUT2D eigenvalue weighted by atomic mass is 9.92. The van der Waals surface area contributed by atoms with Crippen LogP contribution in [0.25, 0.3) is 0 Å². The van der Waals surface area contributed by atoms with E-state index in [4.69, 9.17) is 4.52 Å². The lowest BCUT2D eigenvalue weighted by molar-refractivity contribution is 0.389. The van der Waals surface area contributed by atoms with E-state index in [2.05, 4.69) is 9.88 Å². The van der Waals surface area contributed by atoms with Gasteiger partial charge in [-0.25, -0.2) is 17.5 Å². The zero-order valence-corrected chi connectivity index (χ0v) is 14.6. The first kappa shape index (κ1) is 17.1. The lowest BCUT2D eigenvalue weighted by Crippen LogP contribution is -2.33. The van der Waals surface area contributed by atoms with E-state index >= 15 is 0 Å². The Kier molecular flexibility index (Phi) is 4.73. The van der Waals surface area contributed by atoms with E-state index in [0.717, 1.165) is 31.2 Å². The summed E-state index contributed by atoms with van der Waals surface area (Å²) in [6.07, 6.45) is 4.06. The second-order valence-corrected chi connectivity index (χ2v) is 8.00. The van der Waals surface area contributed by atoms with Gasteiger partial charge in [-0.15, -0.1) is 0 Å². The van der Waals surface area contributed by atoms with Crippen molar-refractivity contribution in [3.05, 3.63) is 47.1 Å². The van der Waals surface area contributed by atoms with Crippen LogP contribution in [-0.4, -0.2) is 13.6 Å². The van der Waals surface area contributed by atoms with E-state index in [0.29, 0.717) is 5.69 Å². The maximum Gasteiger partial charge on any atom is 0.246 e. The molecule has 0 radical (unpaired) electrons. The van der Waals surface area contributed by atoms with Crippen LogP contribution in [0.15, 0.2) is 33.7 Å². The summed E-state index contributed by atoms with van der Waals surface area (Å²) in [6, 6.07) is 5.64. The third kappa shape index (κ3) is 3.37. The molecule has 1 aromatic heterocycles. The molecule has 130 valence electrons. The molecule has 7 heteroatoms. The molecule has 1 aliphatic rings. The number of nitrogens with zero attached hydrogens (tertiary/aromatic N) is 1. The molecular weight excluding hydrogens is 331 g/mol. The van der Waals surface area contributed by atoms with Gasteiger partial charge in [0.25, 0.3) is 0 Å². The summed E-state index contributed by atoms with van der Waals surface area (Å²) < 4.78 is 46.7. The third-order valence-corrected chi connectivity index (χ3v) is 6.30. The van der Waals surface area contributed by atoms with E-state index in [1.807, 2.05) is 0 Å². The minimum absolute atomic E-state index is 0.0904. The van der Waals surface area contributed by atoms with Crippen LogP contribution in [0.1, 0.15) is 48.7 Å². The molecule has 24 heavy (non-hydrogen) atoms. The molecule has 1 N–H and O–H groups in total. The molecule has 5 nitrogen and oxygen atoms in total. The van der Waals surface area contributed by atoms with Gasteiger partial charge < -0.3 is 4.52 Å². The van der Waals surface area contributed by atoms with Crippen molar-refractivity contribution in [1.29, 1.82) is 0 Å². The van der Waals surface area contributed by atoms with Gasteiger partial charge in [-0.2, -0.15) is 0 Å². The Balaban J connectivity index is 1.96. The smallest absolute Gasteiger partial charge is 0.246 e. The summed E-state index contributed by atoms with van der Waals surface area (Å²) in [5, 5.41) is 3.73. The van der Waals surface area contributed by atoms with Crippen LogP contribution in [0, 0.1) is 25.6 Å². The average Bonchev–Trinajstić information content (AvgIpc) is 3.16. The molecule has 1 heterocycles. The lowest BCUT2D eigenvalue weighted by Gasteiger charge is -2.25. The molecule has 0 saturated heterocycles. The normalized spacial score (nSPS) is 17.3. The predicted octanol–water partition coefficient (Wildman–Crippen LogP) is 3.64. The summed E-state index contributed by atoms with van der Waals surface area (Å²) in [4.78, 5) is 0.0904. The number of hydrogen-bond donors (Lipinski definition) is 1. The van der Waals surface area contributed by atoms with Crippen molar-refractivity contribution in [3.63, 3.8) is 0 Å². The highest BCUT2D eigenvalue weighted by Gasteiger charge is 2.33. The number of hydrogen-bond acceptors (Lipinski definition) is 4. The average molecular weight is 352 g/mol. The quantitative estimate of drug-likeness (QED) is 0.892. The zero-order chi connectivity index (χ0) is 17.3. The van der Waals surface area contributed by atoms with Crippen molar-refractivity contribution in [1.82, 2.24) is 9.88 Å². The maximum atomic E-state index is 13.2. The summed E-state index contributed by atoms with van der Waals surface area (Å²) in [6.45, 7) is 3.19. The largest absolute Gasteiger partial charge is 0.360 e. The Hall–Kier alpha value is -1.73. The third-order valence-electron chi connectivity index (χ3n) is 4.62. The first-order valence-electron chi connectivity index (χ1n) is 8.09. The van der Waals surface area contributed by atoms with E-state index < -0.39 is 10.0 Å². The molecule has 1 unspecified atom stereocenters. The minimum Gasteiger partial charge on any atom is -0.360 e. The van der Waals surface area contributed by atoms with E-state index in [1.165, 1.54) is 12.1 Å². The van der Waals surface area contributed by atoms with Crippen molar-refractivity contribution < 1.29 is 17.3 Å². The number of halogens is 1. The molecule has 2 aromatic rings. The van der Waals surface area contributed by atoms with Crippen LogP contribution < -0.4 is 4.72 Å². The van der Waals surface area contributed by atoms with Crippen LogP contribution in [0.5, 0.6) is 0 Å². The Bertz CT molecular complexity index is 789.